The Hall–Kier alpha value is -0.750. The Labute approximate surface area is 68.3 Å². The highest BCUT2D eigenvalue weighted by Gasteiger charge is 2.18. The van der Waals surface area contributed by atoms with E-state index in [4.69, 9.17) is 10.8 Å². The summed E-state index contributed by atoms with van der Waals surface area (Å²) in [5.74, 6) is -1.26. The van der Waals surface area contributed by atoms with Gasteiger partial charge in [0.1, 0.15) is 6.61 Å². The molecule has 0 rings (SSSR count). The molecule has 0 radical (unpaired) electrons. The van der Waals surface area contributed by atoms with Gasteiger partial charge in [-0.25, -0.2) is 13.6 Å². The Kier molecular flexibility index (Phi) is 5.48. The van der Waals surface area contributed by atoms with E-state index in [1.165, 1.54) is 0 Å². The minimum Gasteiger partial charge on any atom is -0.479 e. The van der Waals surface area contributed by atoms with Crippen LogP contribution in [0.4, 0.5) is 8.78 Å². The lowest BCUT2D eigenvalue weighted by Gasteiger charge is -2.11. The molecule has 0 bridgehead atoms. The quantitative estimate of drug-likeness (QED) is 0.611. The average Bonchev–Trinajstić information content (AvgIpc) is 1.96. The van der Waals surface area contributed by atoms with E-state index < -0.39 is 25.1 Å². The van der Waals surface area contributed by atoms with Gasteiger partial charge in [-0.3, -0.25) is 0 Å². The van der Waals surface area contributed by atoms with Crippen LogP contribution in [0.1, 0.15) is 6.42 Å². The number of aliphatic carboxylic acids is 1. The highest BCUT2D eigenvalue weighted by atomic mass is 19.3. The molecule has 0 heterocycles. The van der Waals surface area contributed by atoms with E-state index in [2.05, 4.69) is 4.74 Å². The van der Waals surface area contributed by atoms with Crippen molar-refractivity contribution in [2.45, 2.75) is 19.0 Å². The summed E-state index contributed by atoms with van der Waals surface area (Å²) in [5, 5.41) is 8.39. The van der Waals surface area contributed by atoms with E-state index in [0.717, 1.165) is 0 Å². The molecule has 0 spiro atoms. The van der Waals surface area contributed by atoms with Crippen LogP contribution in [0.2, 0.25) is 0 Å². The first-order valence-corrected chi connectivity index (χ1v) is 3.40. The molecule has 0 aromatic rings. The van der Waals surface area contributed by atoms with Gasteiger partial charge < -0.3 is 15.6 Å². The van der Waals surface area contributed by atoms with Crippen molar-refractivity contribution >= 4 is 5.97 Å². The number of nitrogens with two attached hydrogens (primary N) is 1. The molecule has 0 aliphatic rings. The first-order valence-electron chi connectivity index (χ1n) is 3.40. The van der Waals surface area contributed by atoms with Crippen molar-refractivity contribution in [3.05, 3.63) is 0 Å². The maximum atomic E-state index is 11.5. The number of carbonyl (C=O) groups is 1. The van der Waals surface area contributed by atoms with Crippen LogP contribution >= 0.6 is 0 Å². The summed E-state index contributed by atoms with van der Waals surface area (Å²) in [4.78, 5) is 10.3. The van der Waals surface area contributed by atoms with E-state index in [1.54, 1.807) is 0 Å². The van der Waals surface area contributed by atoms with Crippen LogP contribution in [-0.2, 0) is 9.53 Å². The summed E-state index contributed by atoms with van der Waals surface area (Å²) in [7, 11) is 0. The van der Waals surface area contributed by atoms with Gasteiger partial charge in [-0.15, -0.1) is 0 Å². The fourth-order valence-corrected chi connectivity index (χ4v) is 0.618. The summed E-state index contributed by atoms with van der Waals surface area (Å²) in [6.07, 6.45) is -3.82. The summed E-state index contributed by atoms with van der Waals surface area (Å²) in [5.41, 5.74) is 5.04. The number of carboxylic acid groups (broad SMARTS) is 1. The van der Waals surface area contributed by atoms with Crippen LogP contribution < -0.4 is 5.73 Å². The average molecular weight is 183 g/mol. The summed E-state index contributed by atoms with van der Waals surface area (Å²) < 4.78 is 27.5. The zero-order valence-corrected chi connectivity index (χ0v) is 6.37. The predicted octanol–water partition coefficient (Wildman–Crippen LogP) is 0.0701. The Bertz CT molecular complexity index is 143. The highest BCUT2D eigenvalue weighted by molar-refractivity contribution is 5.72. The smallest absolute Gasteiger partial charge is 0.332 e. The molecule has 0 saturated heterocycles. The third-order valence-corrected chi connectivity index (χ3v) is 1.13. The molecular formula is C6H11F2NO3. The first-order chi connectivity index (χ1) is 5.57. The standard InChI is InChI=1S/C6H11F2NO3/c7-5(8)3-12-4(1-2-9)6(10)11/h4-5H,1-3,9H2,(H,10,11). The lowest BCUT2D eigenvalue weighted by molar-refractivity contribution is -0.153. The van der Waals surface area contributed by atoms with Crippen molar-refractivity contribution in [2.24, 2.45) is 5.73 Å². The van der Waals surface area contributed by atoms with Crippen molar-refractivity contribution in [2.75, 3.05) is 13.2 Å². The van der Waals surface area contributed by atoms with Gasteiger partial charge >= 0.3 is 5.97 Å². The molecule has 1 unspecified atom stereocenters. The normalized spacial score (nSPS) is 13.3. The molecule has 0 aliphatic carbocycles. The molecule has 0 amide bonds. The number of alkyl halides is 2. The van der Waals surface area contributed by atoms with Crippen molar-refractivity contribution in [3.8, 4) is 0 Å². The molecule has 1 atom stereocenters. The zero-order valence-electron chi connectivity index (χ0n) is 6.37. The predicted molar refractivity (Wildman–Crippen MR) is 37.1 cm³/mol. The lowest BCUT2D eigenvalue weighted by atomic mass is 10.2. The van der Waals surface area contributed by atoms with Gasteiger partial charge in [0.15, 0.2) is 6.10 Å². The molecule has 12 heavy (non-hydrogen) atoms. The van der Waals surface area contributed by atoms with Crippen LogP contribution in [0.5, 0.6) is 0 Å². The van der Waals surface area contributed by atoms with Gasteiger partial charge in [0.25, 0.3) is 6.43 Å². The number of carboxylic acids is 1. The molecule has 4 nitrogen and oxygen atoms in total. The molecule has 0 aromatic carbocycles. The molecule has 3 N–H and O–H groups in total. The van der Waals surface area contributed by atoms with E-state index in [-0.39, 0.29) is 13.0 Å². The van der Waals surface area contributed by atoms with Crippen molar-refractivity contribution in [1.29, 1.82) is 0 Å². The third-order valence-electron chi connectivity index (χ3n) is 1.13. The maximum absolute atomic E-state index is 11.5. The minimum atomic E-state index is -2.65. The van der Waals surface area contributed by atoms with E-state index >= 15 is 0 Å². The number of ether oxygens (including phenoxy) is 1. The monoisotopic (exact) mass is 183 g/mol. The van der Waals surface area contributed by atoms with Gasteiger partial charge in [0.2, 0.25) is 0 Å². The molecule has 6 heteroatoms. The van der Waals surface area contributed by atoms with Crippen molar-refractivity contribution in [1.82, 2.24) is 0 Å². The first kappa shape index (κ1) is 11.2. The van der Waals surface area contributed by atoms with Gasteiger partial charge in [-0.2, -0.15) is 0 Å². The van der Waals surface area contributed by atoms with Gasteiger partial charge in [0.05, 0.1) is 0 Å². The minimum absolute atomic E-state index is 0.0437. The highest BCUT2D eigenvalue weighted by Crippen LogP contribution is 2.01. The van der Waals surface area contributed by atoms with Gasteiger partial charge in [-0.05, 0) is 13.0 Å². The lowest BCUT2D eigenvalue weighted by Crippen LogP contribution is -2.28. The Morgan fingerprint density at radius 2 is 2.17 bits per heavy atom. The van der Waals surface area contributed by atoms with Gasteiger partial charge in [0, 0.05) is 0 Å². The zero-order chi connectivity index (χ0) is 9.56. The topological polar surface area (TPSA) is 72.5 Å². The fraction of sp³-hybridized carbons (Fsp3) is 0.833. The van der Waals surface area contributed by atoms with Crippen molar-refractivity contribution in [3.63, 3.8) is 0 Å². The number of halogens is 2. The Morgan fingerprint density at radius 1 is 1.58 bits per heavy atom. The third kappa shape index (κ3) is 4.97. The number of hydrogen-bond donors (Lipinski definition) is 2. The van der Waals surface area contributed by atoms with Crippen molar-refractivity contribution < 1.29 is 23.4 Å². The van der Waals surface area contributed by atoms with E-state index in [0.29, 0.717) is 0 Å². The van der Waals surface area contributed by atoms with Crippen LogP contribution in [0.15, 0.2) is 0 Å². The fourth-order valence-electron chi connectivity index (χ4n) is 0.618. The van der Waals surface area contributed by atoms with E-state index in [1.807, 2.05) is 0 Å². The molecule has 0 fully saturated rings. The number of rotatable bonds is 6. The van der Waals surface area contributed by atoms with E-state index in [9.17, 15) is 13.6 Å². The molecule has 0 saturated carbocycles. The van der Waals surface area contributed by atoms with Crippen LogP contribution in [-0.4, -0.2) is 36.8 Å². The van der Waals surface area contributed by atoms with Crippen LogP contribution in [0.25, 0.3) is 0 Å². The number of hydrogen-bond acceptors (Lipinski definition) is 3. The second kappa shape index (κ2) is 5.84. The second-order valence-electron chi connectivity index (χ2n) is 2.13. The SMILES string of the molecule is NCCC(OCC(F)F)C(=O)O. The molecule has 0 aromatic heterocycles. The van der Waals surface area contributed by atoms with Crippen LogP contribution in [0, 0.1) is 0 Å². The summed E-state index contributed by atoms with van der Waals surface area (Å²) >= 11 is 0. The second-order valence-corrected chi connectivity index (χ2v) is 2.13. The molecule has 72 valence electrons. The summed E-state index contributed by atoms with van der Waals surface area (Å²) in [6, 6.07) is 0. The summed E-state index contributed by atoms with van der Waals surface area (Å²) in [6.45, 7) is -0.767. The maximum Gasteiger partial charge on any atom is 0.332 e. The molecule has 0 aliphatic heterocycles. The molecular weight excluding hydrogens is 172 g/mol. The Balaban J connectivity index is 3.71. The van der Waals surface area contributed by atoms with Crippen LogP contribution in [0.3, 0.4) is 0 Å². The largest absolute Gasteiger partial charge is 0.479 e. The van der Waals surface area contributed by atoms with Gasteiger partial charge in [-0.1, -0.05) is 0 Å². The Morgan fingerprint density at radius 3 is 2.50 bits per heavy atom.